The molecule has 0 saturated carbocycles. The van der Waals surface area contributed by atoms with Crippen LogP contribution >= 0.6 is 11.6 Å². The number of anilines is 2. The van der Waals surface area contributed by atoms with Crippen molar-refractivity contribution >= 4 is 29.1 Å². The van der Waals surface area contributed by atoms with Crippen LogP contribution in [0.15, 0.2) is 18.3 Å². The largest absolute Gasteiger partial charge is 0.341 e. The van der Waals surface area contributed by atoms with Gasteiger partial charge >= 0.3 is 0 Å². The third-order valence-electron chi connectivity index (χ3n) is 4.95. The Balaban J connectivity index is 1.72. The number of nitrogens with zero attached hydrogens (tertiary/aromatic N) is 4. The van der Waals surface area contributed by atoms with Crippen molar-refractivity contribution in [2.75, 3.05) is 29.4 Å². The number of aromatic nitrogens is 2. The molecule has 1 aromatic carbocycles. The fourth-order valence-electron chi connectivity index (χ4n) is 3.75. The number of aryl methyl sites for hydroxylation is 2. The van der Waals surface area contributed by atoms with Gasteiger partial charge in [0, 0.05) is 19.6 Å². The van der Waals surface area contributed by atoms with Crippen molar-refractivity contribution in [3.63, 3.8) is 0 Å². The summed E-state index contributed by atoms with van der Waals surface area (Å²) in [4.78, 5) is 25.3. The highest BCUT2D eigenvalue weighted by Gasteiger charge is 2.30. The van der Waals surface area contributed by atoms with Gasteiger partial charge in [0.1, 0.15) is 5.82 Å². The van der Waals surface area contributed by atoms with Crippen molar-refractivity contribution in [1.82, 2.24) is 9.97 Å². The van der Waals surface area contributed by atoms with Crippen LogP contribution in [-0.4, -0.2) is 35.5 Å². The molecule has 136 valence electrons. The number of halogens is 2. The van der Waals surface area contributed by atoms with Gasteiger partial charge in [0.15, 0.2) is 5.69 Å². The van der Waals surface area contributed by atoms with Gasteiger partial charge in [-0.05, 0) is 49.8 Å². The van der Waals surface area contributed by atoms with Gasteiger partial charge in [-0.15, -0.1) is 0 Å². The standard InChI is InChI=1S/C19H20ClFN4O/c1-12-9-13-5-4-8-25(17(13)15(21)10-12)18(26)16-14(20)11-22-19(23-16)24-6-2-3-7-24/h9-11H,2-8H2,1H3. The molecular weight excluding hydrogens is 355 g/mol. The minimum Gasteiger partial charge on any atom is -0.341 e. The summed E-state index contributed by atoms with van der Waals surface area (Å²) in [5.41, 5.74) is 2.19. The molecule has 0 radical (unpaired) electrons. The first-order valence-electron chi connectivity index (χ1n) is 8.93. The van der Waals surface area contributed by atoms with E-state index in [1.165, 1.54) is 17.2 Å². The highest BCUT2D eigenvalue weighted by atomic mass is 35.5. The molecule has 2 aromatic rings. The second-order valence-corrected chi connectivity index (χ2v) is 7.28. The predicted octanol–water partition coefficient (Wildman–Crippen LogP) is 3.77. The second kappa shape index (κ2) is 6.83. The summed E-state index contributed by atoms with van der Waals surface area (Å²) in [6, 6.07) is 3.40. The summed E-state index contributed by atoms with van der Waals surface area (Å²) in [6.45, 7) is 4.05. The summed E-state index contributed by atoms with van der Waals surface area (Å²) < 4.78 is 14.6. The van der Waals surface area contributed by atoms with E-state index in [1.807, 2.05) is 17.9 Å². The molecule has 0 N–H and O–H groups in total. The predicted molar refractivity (Wildman–Crippen MR) is 99.6 cm³/mol. The van der Waals surface area contributed by atoms with E-state index in [2.05, 4.69) is 9.97 Å². The summed E-state index contributed by atoms with van der Waals surface area (Å²) in [7, 11) is 0. The van der Waals surface area contributed by atoms with Gasteiger partial charge in [-0.2, -0.15) is 0 Å². The highest BCUT2D eigenvalue weighted by Crippen LogP contribution is 2.33. The third kappa shape index (κ3) is 3.03. The Morgan fingerprint density at radius 1 is 1.19 bits per heavy atom. The monoisotopic (exact) mass is 374 g/mol. The zero-order valence-corrected chi connectivity index (χ0v) is 15.4. The summed E-state index contributed by atoms with van der Waals surface area (Å²) in [6.07, 6.45) is 5.17. The zero-order valence-electron chi connectivity index (χ0n) is 14.6. The Bertz CT molecular complexity index is 867. The maximum atomic E-state index is 14.6. The lowest BCUT2D eigenvalue weighted by Gasteiger charge is -2.30. The summed E-state index contributed by atoms with van der Waals surface area (Å²) in [5.74, 6) is -0.239. The molecule has 2 aliphatic rings. The Morgan fingerprint density at radius 2 is 1.96 bits per heavy atom. The van der Waals surface area contributed by atoms with Crippen LogP contribution in [0, 0.1) is 12.7 Å². The van der Waals surface area contributed by atoms with Gasteiger partial charge in [0.2, 0.25) is 5.95 Å². The molecule has 3 heterocycles. The fourth-order valence-corrected chi connectivity index (χ4v) is 3.92. The van der Waals surface area contributed by atoms with Crippen LogP contribution in [0.4, 0.5) is 16.0 Å². The molecule has 1 aromatic heterocycles. The molecule has 26 heavy (non-hydrogen) atoms. The van der Waals surface area contributed by atoms with E-state index in [9.17, 15) is 9.18 Å². The number of carbonyl (C=O) groups excluding carboxylic acids is 1. The minimum absolute atomic E-state index is 0.136. The molecule has 1 saturated heterocycles. The fraction of sp³-hybridized carbons (Fsp3) is 0.421. The molecule has 0 unspecified atom stereocenters. The van der Waals surface area contributed by atoms with Gasteiger partial charge in [-0.3, -0.25) is 4.79 Å². The lowest BCUT2D eigenvalue weighted by Crippen LogP contribution is -2.37. The second-order valence-electron chi connectivity index (χ2n) is 6.88. The van der Waals surface area contributed by atoms with E-state index >= 15 is 0 Å². The van der Waals surface area contributed by atoms with Gasteiger partial charge in [-0.25, -0.2) is 14.4 Å². The molecular formula is C19H20ClFN4O. The van der Waals surface area contributed by atoms with Gasteiger partial charge in [0.05, 0.1) is 16.9 Å². The molecule has 2 aliphatic heterocycles. The van der Waals surface area contributed by atoms with Crippen LogP contribution in [0.1, 0.15) is 40.9 Å². The molecule has 0 aliphatic carbocycles. The van der Waals surface area contributed by atoms with Crippen molar-refractivity contribution in [3.05, 3.63) is 46.0 Å². The summed E-state index contributed by atoms with van der Waals surface area (Å²) in [5, 5.41) is 0.192. The summed E-state index contributed by atoms with van der Waals surface area (Å²) >= 11 is 6.22. The number of hydrogen-bond donors (Lipinski definition) is 0. The van der Waals surface area contributed by atoms with Crippen LogP contribution in [-0.2, 0) is 6.42 Å². The topological polar surface area (TPSA) is 49.3 Å². The van der Waals surface area contributed by atoms with E-state index in [1.54, 1.807) is 0 Å². The third-order valence-corrected chi connectivity index (χ3v) is 5.23. The van der Waals surface area contributed by atoms with E-state index < -0.39 is 0 Å². The van der Waals surface area contributed by atoms with E-state index in [4.69, 9.17) is 11.6 Å². The average Bonchev–Trinajstić information content (AvgIpc) is 3.15. The highest BCUT2D eigenvalue weighted by molar-refractivity contribution is 6.34. The molecule has 4 rings (SSSR count). The molecule has 0 atom stereocenters. The Hall–Kier alpha value is -2.21. The van der Waals surface area contributed by atoms with Crippen LogP contribution in [0.2, 0.25) is 5.02 Å². The Morgan fingerprint density at radius 3 is 2.73 bits per heavy atom. The van der Waals surface area contributed by atoms with Crippen LogP contribution in [0.5, 0.6) is 0 Å². The van der Waals surface area contributed by atoms with Crippen LogP contribution in [0.25, 0.3) is 0 Å². The van der Waals surface area contributed by atoms with Crippen molar-refractivity contribution in [3.8, 4) is 0 Å². The molecule has 7 heteroatoms. The van der Waals surface area contributed by atoms with Crippen molar-refractivity contribution in [2.24, 2.45) is 0 Å². The van der Waals surface area contributed by atoms with Gasteiger partial charge in [0.25, 0.3) is 5.91 Å². The van der Waals surface area contributed by atoms with Crippen molar-refractivity contribution < 1.29 is 9.18 Å². The first-order chi connectivity index (χ1) is 12.5. The first kappa shape index (κ1) is 17.2. The number of amides is 1. The number of benzene rings is 1. The molecule has 0 bridgehead atoms. The smallest absolute Gasteiger partial charge is 0.278 e. The molecule has 1 amide bonds. The van der Waals surface area contributed by atoms with Crippen LogP contribution < -0.4 is 9.80 Å². The maximum absolute atomic E-state index is 14.6. The number of carbonyl (C=O) groups is 1. The van der Waals surface area contributed by atoms with Crippen LogP contribution in [0.3, 0.4) is 0 Å². The molecule has 0 spiro atoms. The number of rotatable bonds is 2. The lowest BCUT2D eigenvalue weighted by molar-refractivity contribution is 0.0979. The average molecular weight is 375 g/mol. The van der Waals surface area contributed by atoms with Crippen molar-refractivity contribution in [2.45, 2.75) is 32.6 Å². The number of hydrogen-bond acceptors (Lipinski definition) is 4. The van der Waals surface area contributed by atoms with Gasteiger partial charge < -0.3 is 9.80 Å². The minimum atomic E-state index is -0.377. The van der Waals surface area contributed by atoms with Gasteiger partial charge in [-0.1, -0.05) is 17.7 Å². The quantitative estimate of drug-likeness (QED) is 0.802. The maximum Gasteiger partial charge on any atom is 0.278 e. The van der Waals surface area contributed by atoms with Crippen molar-refractivity contribution in [1.29, 1.82) is 0 Å². The Kier molecular flexibility index (Phi) is 4.53. The van der Waals surface area contributed by atoms with E-state index in [0.29, 0.717) is 18.2 Å². The number of fused-ring (bicyclic) bond motifs is 1. The van der Waals surface area contributed by atoms with E-state index in [-0.39, 0.29) is 22.4 Å². The Labute approximate surface area is 156 Å². The van der Waals surface area contributed by atoms with E-state index in [0.717, 1.165) is 49.9 Å². The molecule has 5 nitrogen and oxygen atoms in total. The first-order valence-corrected chi connectivity index (χ1v) is 9.31. The zero-order chi connectivity index (χ0) is 18.3. The SMILES string of the molecule is Cc1cc(F)c2c(c1)CCCN2C(=O)c1nc(N2CCCC2)ncc1Cl. The normalized spacial score (nSPS) is 16.7. The molecule has 1 fully saturated rings. The lowest BCUT2D eigenvalue weighted by atomic mass is 9.98.